The molecule has 0 spiro atoms. The summed E-state index contributed by atoms with van der Waals surface area (Å²) in [5.74, 6) is 0.748. The Morgan fingerprint density at radius 3 is 2.87 bits per heavy atom. The van der Waals surface area contributed by atoms with Crippen LogP contribution in [0.1, 0.15) is 5.69 Å². The first-order valence-electron chi connectivity index (χ1n) is 4.11. The van der Waals surface area contributed by atoms with Crippen LogP contribution in [0, 0.1) is 0 Å². The molecule has 2 rings (SSSR count). The second kappa shape index (κ2) is 5.30. The van der Waals surface area contributed by atoms with Crippen molar-refractivity contribution in [2.45, 2.75) is 10.6 Å². The molecule has 0 amide bonds. The van der Waals surface area contributed by atoms with Gasteiger partial charge in [0.2, 0.25) is 0 Å². The smallest absolute Gasteiger partial charge is 0.138 e. The molecule has 1 aromatic heterocycles. The Labute approximate surface area is 109 Å². The Balaban J connectivity index is 2.06. The Bertz CT molecular complexity index is 461. The van der Waals surface area contributed by atoms with E-state index in [-0.39, 0.29) is 0 Å². The van der Waals surface area contributed by atoms with Gasteiger partial charge in [-0.2, -0.15) is 0 Å². The Kier molecular flexibility index (Phi) is 4.02. The molecule has 0 fully saturated rings. The highest BCUT2D eigenvalue weighted by molar-refractivity contribution is 9.10. The standard InChI is InChI=1S/C9H6BrClN2S2/c10-6-3-1-2-4-8(6)14-5-7-9(11)15-13-12-7/h1-4H,5H2. The van der Waals surface area contributed by atoms with Gasteiger partial charge in [-0.05, 0) is 28.1 Å². The lowest BCUT2D eigenvalue weighted by molar-refractivity contribution is 1.07. The Morgan fingerprint density at radius 2 is 2.20 bits per heavy atom. The van der Waals surface area contributed by atoms with Gasteiger partial charge in [-0.15, -0.1) is 16.9 Å². The van der Waals surface area contributed by atoms with Crippen LogP contribution in [-0.2, 0) is 5.75 Å². The molecule has 0 saturated heterocycles. The molecule has 6 heteroatoms. The number of hydrogen-bond donors (Lipinski definition) is 0. The second-order valence-electron chi connectivity index (χ2n) is 2.71. The van der Waals surface area contributed by atoms with E-state index in [1.54, 1.807) is 11.8 Å². The van der Waals surface area contributed by atoms with Gasteiger partial charge in [-0.1, -0.05) is 28.2 Å². The van der Waals surface area contributed by atoms with Crippen molar-refractivity contribution in [1.29, 1.82) is 0 Å². The van der Waals surface area contributed by atoms with Gasteiger partial charge in [0.25, 0.3) is 0 Å². The summed E-state index contributed by atoms with van der Waals surface area (Å²) >= 11 is 12.3. The van der Waals surface area contributed by atoms with Gasteiger partial charge in [0.1, 0.15) is 10.0 Å². The van der Waals surface area contributed by atoms with Gasteiger partial charge in [-0.25, -0.2) is 0 Å². The molecule has 15 heavy (non-hydrogen) atoms. The minimum atomic E-state index is 0.676. The summed E-state index contributed by atoms with van der Waals surface area (Å²) in [6.07, 6.45) is 0. The number of rotatable bonds is 3. The minimum Gasteiger partial charge on any atom is -0.141 e. The van der Waals surface area contributed by atoms with Crippen molar-refractivity contribution in [3.05, 3.63) is 38.8 Å². The van der Waals surface area contributed by atoms with Crippen molar-refractivity contribution in [3.63, 3.8) is 0 Å². The predicted molar refractivity (Wildman–Crippen MR) is 68.6 cm³/mol. The van der Waals surface area contributed by atoms with Crippen LogP contribution in [0.2, 0.25) is 4.34 Å². The van der Waals surface area contributed by atoms with E-state index >= 15 is 0 Å². The van der Waals surface area contributed by atoms with Crippen LogP contribution in [0.15, 0.2) is 33.6 Å². The molecular weight excluding hydrogens is 316 g/mol. The molecule has 0 aliphatic heterocycles. The van der Waals surface area contributed by atoms with Gasteiger partial charge >= 0.3 is 0 Å². The van der Waals surface area contributed by atoms with Crippen LogP contribution in [0.25, 0.3) is 0 Å². The van der Waals surface area contributed by atoms with Crippen LogP contribution < -0.4 is 0 Å². The van der Waals surface area contributed by atoms with Gasteiger partial charge in [-0.3, -0.25) is 0 Å². The second-order valence-corrected chi connectivity index (χ2v) is 5.94. The summed E-state index contributed by atoms with van der Waals surface area (Å²) in [7, 11) is 0. The topological polar surface area (TPSA) is 25.8 Å². The first-order chi connectivity index (χ1) is 7.27. The number of aromatic nitrogens is 2. The third-order valence-corrected chi connectivity index (χ3v) is 4.73. The highest BCUT2D eigenvalue weighted by Gasteiger charge is 2.06. The zero-order valence-electron chi connectivity index (χ0n) is 7.48. The number of hydrogen-bond acceptors (Lipinski definition) is 4. The van der Waals surface area contributed by atoms with Crippen molar-refractivity contribution in [2.75, 3.05) is 0 Å². The zero-order chi connectivity index (χ0) is 10.7. The Morgan fingerprint density at radius 1 is 1.40 bits per heavy atom. The first kappa shape index (κ1) is 11.4. The molecule has 1 heterocycles. The molecule has 2 nitrogen and oxygen atoms in total. The number of nitrogens with zero attached hydrogens (tertiary/aromatic N) is 2. The van der Waals surface area contributed by atoms with Gasteiger partial charge in [0.05, 0.1) is 0 Å². The molecule has 2 aromatic rings. The lowest BCUT2D eigenvalue weighted by atomic mass is 10.4. The van der Waals surface area contributed by atoms with E-state index in [1.165, 1.54) is 16.4 Å². The maximum absolute atomic E-state index is 5.91. The fraction of sp³-hybridized carbons (Fsp3) is 0.111. The molecule has 1 aromatic carbocycles. The Hall–Kier alpha value is -0.100. The van der Waals surface area contributed by atoms with E-state index in [1.807, 2.05) is 18.2 Å². The molecule has 0 unspecified atom stereocenters. The maximum Gasteiger partial charge on any atom is 0.138 e. The molecular formula is C9H6BrClN2S2. The van der Waals surface area contributed by atoms with Crippen LogP contribution >= 0.6 is 50.8 Å². The monoisotopic (exact) mass is 320 g/mol. The third kappa shape index (κ3) is 2.93. The van der Waals surface area contributed by atoms with E-state index in [2.05, 4.69) is 31.6 Å². The molecule has 0 atom stereocenters. The zero-order valence-corrected chi connectivity index (χ0v) is 11.5. The first-order valence-corrected chi connectivity index (χ1v) is 7.04. The van der Waals surface area contributed by atoms with Crippen LogP contribution in [0.4, 0.5) is 0 Å². The van der Waals surface area contributed by atoms with Gasteiger partial charge in [0.15, 0.2) is 0 Å². The average molecular weight is 322 g/mol. The fourth-order valence-corrected chi connectivity index (χ4v) is 3.29. The molecule has 0 saturated carbocycles. The van der Waals surface area contributed by atoms with Crippen molar-refractivity contribution in [1.82, 2.24) is 9.59 Å². The summed E-state index contributed by atoms with van der Waals surface area (Å²) in [6.45, 7) is 0. The largest absolute Gasteiger partial charge is 0.141 e. The molecule has 0 radical (unpaired) electrons. The van der Waals surface area contributed by atoms with Crippen molar-refractivity contribution in [2.24, 2.45) is 0 Å². The summed E-state index contributed by atoms with van der Waals surface area (Å²) in [5, 5.41) is 3.96. The summed E-state index contributed by atoms with van der Waals surface area (Å²) in [5.41, 5.74) is 0.849. The third-order valence-electron chi connectivity index (χ3n) is 1.71. The average Bonchev–Trinajstić information content (AvgIpc) is 2.63. The summed E-state index contributed by atoms with van der Waals surface area (Å²) < 4.78 is 5.56. The summed E-state index contributed by atoms with van der Waals surface area (Å²) in [6, 6.07) is 8.07. The quantitative estimate of drug-likeness (QED) is 0.791. The van der Waals surface area contributed by atoms with Crippen LogP contribution in [0.5, 0.6) is 0 Å². The van der Waals surface area contributed by atoms with Crippen molar-refractivity contribution >= 4 is 50.8 Å². The minimum absolute atomic E-state index is 0.676. The van der Waals surface area contributed by atoms with Gasteiger partial charge in [0, 0.05) is 26.7 Å². The molecule has 0 bridgehead atoms. The molecule has 0 N–H and O–H groups in total. The van der Waals surface area contributed by atoms with E-state index in [9.17, 15) is 0 Å². The van der Waals surface area contributed by atoms with E-state index in [0.717, 1.165) is 15.9 Å². The number of thioether (sulfide) groups is 1. The predicted octanol–water partition coefficient (Wildman–Crippen LogP) is 4.25. The van der Waals surface area contributed by atoms with Crippen molar-refractivity contribution in [3.8, 4) is 0 Å². The van der Waals surface area contributed by atoms with Crippen molar-refractivity contribution < 1.29 is 0 Å². The molecule has 0 aliphatic carbocycles. The lowest BCUT2D eigenvalue weighted by Crippen LogP contribution is -1.82. The molecule has 78 valence electrons. The van der Waals surface area contributed by atoms with E-state index in [4.69, 9.17) is 11.6 Å². The van der Waals surface area contributed by atoms with Crippen LogP contribution in [-0.4, -0.2) is 9.59 Å². The summed E-state index contributed by atoms with van der Waals surface area (Å²) in [4.78, 5) is 1.18. The van der Waals surface area contributed by atoms with E-state index in [0.29, 0.717) is 4.34 Å². The number of benzene rings is 1. The normalized spacial score (nSPS) is 10.5. The lowest BCUT2D eigenvalue weighted by Gasteiger charge is -2.01. The highest BCUT2D eigenvalue weighted by atomic mass is 79.9. The van der Waals surface area contributed by atoms with Gasteiger partial charge < -0.3 is 0 Å². The van der Waals surface area contributed by atoms with E-state index < -0.39 is 0 Å². The van der Waals surface area contributed by atoms with Crippen LogP contribution in [0.3, 0.4) is 0 Å². The fourth-order valence-electron chi connectivity index (χ4n) is 0.991. The maximum atomic E-state index is 5.91. The highest BCUT2D eigenvalue weighted by Crippen LogP contribution is 2.31. The SMILES string of the molecule is Clc1snnc1CSc1ccccc1Br. The number of halogens is 2. The molecule has 0 aliphatic rings.